The van der Waals surface area contributed by atoms with Gasteiger partial charge in [-0.15, -0.1) is 12.4 Å². The van der Waals surface area contributed by atoms with Crippen LogP contribution in [-0.4, -0.2) is 42.8 Å². The second kappa shape index (κ2) is 7.40. The van der Waals surface area contributed by atoms with Crippen LogP contribution in [0.1, 0.15) is 17.2 Å². The van der Waals surface area contributed by atoms with Crippen molar-refractivity contribution in [2.45, 2.75) is 12.2 Å². The maximum absolute atomic E-state index is 13.9. The summed E-state index contributed by atoms with van der Waals surface area (Å²) in [6.45, 7) is 2.32. The highest BCUT2D eigenvalue weighted by atomic mass is 35.5. The van der Waals surface area contributed by atoms with Gasteiger partial charge in [0.1, 0.15) is 5.82 Å². The van der Waals surface area contributed by atoms with Crippen LogP contribution >= 0.6 is 12.4 Å². The summed E-state index contributed by atoms with van der Waals surface area (Å²) in [5, 5.41) is 12.6. The van der Waals surface area contributed by atoms with Crippen LogP contribution in [-0.2, 0) is 6.18 Å². The number of hydrogen-bond donors (Lipinski definition) is 2. The molecule has 0 amide bonds. The Morgan fingerprint density at radius 3 is 2.33 bits per heavy atom. The number of piperazine rings is 1. The summed E-state index contributed by atoms with van der Waals surface area (Å²) < 4.78 is 51.4. The Morgan fingerprint density at radius 2 is 1.86 bits per heavy atom. The third kappa shape index (κ3) is 4.29. The number of nitrogens with zero attached hydrogens (tertiary/aromatic N) is 1. The molecule has 1 heterocycles. The monoisotopic (exact) mass is 328 g/mol. The first kappa shape index (κ1) is 18.2. The highest BCUT2D eigenvalue weighted by molar-refractivity contribution is 5.85. The molecule has 0 radical (unpaired) electrons. The number of halogens is 5. The SMILES string of the molecule is Cl.OC[C@H](c1ccc(C(F)(F)F)cc1F)N1CCNCC1. The van der Waals surface area contributed by atoms with Crippen molar-refractivity contribution in [2.75, 3.05) is 32.8 Å². The Hall–Kier alpha value is -0.890. The minimum atomic E-state index is -4.57. The van der Waals surface area contributed by atoms with Gasteiger partial charge in [-0.1, -0.05) is 6.07 Å². The molecule has 0 unspecified atom stereocenters. The normalized spacial score (nSPS) is 18.1. The lowest BCUT2D eigenvalue weighted by atomic mass is 10.0. The van der Waals surface area contributed by atoms with E-state index in [0.717, 1.165) is 12.1 Å². The van der Waals surface area contributed by atoms with Gasteiger partial charge in [-0.2, -0.15) is 13.2 Å². The summed E-state index contributed by atoms with van der Waals surface area (Å²) in [4.78, 5) is 1.86. The van der Waals surface area contributed by atoms with Crippen molar-refractivity contribution >= 4 is 12.4 Å². The molecule has 1 aromatic carbocycles. The lowest BCUT2D eigenvalue weighted by Crippen LogP contribution is -2.46. The van der Waals surface area contributed by atoms with Crippen LogP contribution in [0.2, 0.25) is 0 Å². The van der Waals surface area contributed by atoms with Crippen molar-refractivity contribution in [1.82, 2.24) is 10.2 Å². The number of aliphatic hydroxyl groups excluding tert-OH is 1. The number of hydrogen-bond acceptors (Lipinski definition) is 3. The van der Waals surface area contributed by atoms with Gasteiger partial charge in [-0.05, 0) is 12.1 Å². The molecule has 1 aliphatic heterocycles. The van der Waals surface area contributed by atoms with Crippen LogP contribution < -0.4 is 5.32 Å². The summed E-state index contributed by atoms with van der Waals surface area (Å²) >= 11 is 0. The molecule has 0 aromatic heterocycles. The van der Waals surface area contributed by atoms with Crippen LogP contribution in [0.25, 0.3) is 0 Å². The molecule has 2 rings (SSSR count). The van der Waals surface area contributed by atoms with Crippen LogP contribution in [0.4, 0.5) is 17.6 Å². The molecule has 1 atom stereocenters. The van der Waals surface area contributed by atoms with E-state index < -0.39 is 23.6 Å². The van der Waals surface area contributed by atoms with Gasteiger partial charge in [-0.3, -0.25) is 4.90 Å². The van der Waals surface area contributed by atoms with Gasteiger partial charge < -0.3 is 10.4 Å². The van der Waals surface area contributed by atoms with Crippen molar-refractivity contribution in [3.8, 4) is 0 Å². The van der Waals surface area contributed by atoms with Gasteiger partial charge in [0.05, 0.1) is 18.2 Å². The second-order valence-electron chi connectivity index (χ2n) is 4.72. The van der Waals surface area contributed by atoms with Gasteiger partial charge in [0.15, 0.2) is 0 Å². The molecule has 8 heteroatoms. The molecule has 0 aliphatic carbocycles. The Morgan fingerprint density at radius 1 is 1.24 bits per heavy atom. The molecule has 2 N–H and O–H groups in total. The first-order valence-electron chi connectivity index (χ1n) is 6.35. The largest absolute Gasteiger partial charge is 0.416 e. The quantitative estimate of drug-likeness (QED) is 0.835. The molecular weight excluding hydrogens is 312 g/mol. The van der Waals surface area contributed by atoms with Crippen LogP contribution in [0.3, 0.4) is 0 Å². The van der Waals surface area contributed by atoms with Crippen molar-refractivity contribution in [3.05, 3.63) is 35.1 Å². The fourth-order valence-corrected chi connectivity index (χ4v) is 2.38. The summed E-state index contributed by atoms with van der Waals surface area (Å²) in [7, 11) is 0. The average Bonchev–Trinajstić information content (AvgIpc) is 2.41. The molecule has 1 aromatic rings. The van der Waals surface area contributed by atoms with Gasteiger partial charge in [0.25, 0.3) is 0 Å². The Balaban J connectivity index is 0.00000220. The Kier molecular flexibility index (Phi) is 6.40. The number of alkyl halides is 3. The van der Waals surface area contributed by atoms with E-state index in [1.54, 1.807) is 0 Å². The van der Waals surface area contributed by atoms with E-state index in [9.17, 15) is 22.7 Å². The molecule has 1 saturated heterocycles. The van der Waals surface area contributed by atoms with E-state index in [4.69, 9.17) is 0 Å². The third-order valence-corrected chi connectivity index (χ3v) is 3.45. The molecule has 1 fully saturated rings. The fraction of sp³-hybridized carbons (Fsp3) is 0.538. The lowest BCUT2D eigenvalue weighted by molar-refractivity contribution is -0.137. The minimum absolute atomic E-state index is 0. The molecule has 0 bridgehead atoms. The highest BCUT2D eigenvalue weighted by Gasteiger charge is 2.32. The molecule has 1 aliphatic rings. The van der Waals surface area contributed by atoms with E-state index >= 15 is 0 Å². The maximum atomic E-state index is 13.9. The zero-order valence-corrected chi connectivity index (χ0v) is 12.0. The first-order chi connectivity index (χ1) is 9.43. The zero-order valence-electron chi connectivity index (χ0n) is 11.2. The molecule has 120 valence electrons. The van der Waals surface area contributed by atoms with E-state index in [1.165, 1.54) is 0 Å². The van der Waals surface area contributed by atoms with E-state index in [2.05, 4.69) is 5.32 Å². The predicted molar refractivity (Wildman–Crippen MR) is 72.9 cm³/mol. The summed E-state index contributed by atoms with van der Waals surface area (Å²) in [5.41, 5.74) is -0.918. The topological polar surface area (TPSA) is 35.5 Å². The van der Waals surface area contributed by atoms with Crippen molar-refractivity contribution in [1.29, 1.82) is 0 Å². The van der Waals surface area contributed by atoms with E-state index in [1.807, 2.05) is 4.90 Å². The zero-order chi connectivity index (χ0) is 14.8. The van der Waals surface area contributed by atoms with Crippen LogP contribution in [0.15, 0.2) is 18.2 Å². The third-order valence-electron chi connectivity index (χ3n) is 3.45. The van der Waals surface area contributed by atoms with Gasteiger partial charge in [0.2, 0.25) is 0 Å². The van der Waals surface area contributed by atoms with Crippen molar-refractivity contribution < 1.29 is 22.7 Å². The van der Waals surface area contributed by atoms with E-state index in [0.29, 0.717) is 32.2 Å². The van der Waals surface area contributed by atoms with Gasteiger partial charge in [-0.25, -0.2) is 4.39 Å². The maximum Gasteiger partial charge on any atom is 0.416 e. The van der Waals surface area contributed by atoms with Crippen LogP contribution in [0, 0.1) is 5.82 Å². The smallest absolute Gasteiger partial charge is 0.394 e. The average molecular weight is 329 g/mol. The molecule has 0 spiro atoms. The van der Waals surface area contributed by atoms with E-state index in [-0.39, 0.29) is 24.6 Å². The van der Waals surface area contributed by atoms with Gasteiger partial charge >= 0.3 is 6.18 Å². The predicted octanol–water partition coefficient (Wildman–Crippen LogP) is 2.20. The number of nitrogens with one attached hydrogen (secondary N) is 1. The van der Waals surface area contributed by atoms with Crippen molar-refractivity contribution in [2.24, 2.45) is 0 Å². The molecule has 21 heavy (non-hydrogen) atoms. The summed E-state index contributed by atoms with van der Waals surface area (Å²) in [6.07, 6.45) is -4.57. The van der Waals surface area contributed by atoms with Gasteiger partial charge in [0, 0.05) is 31.7 Å². The summed E-state index contributed by atoms with van der Waals surface area (Å²) in [5.74, 6) is -0.933. The minimum Gasteiger partial charge on any atom is -0.394 e. The fourth-order valence-electron chi connectivity index (χ4n) is 2.38. The van der Waals surface area contributed by atoms with Crippen molar-refractivity contribution in [3.63, 3.8) is 0 Å². The molecular formula is C13H17ClF4N2O. The Labute approximate surface area is 126 Å². The Bertz CT molecular complexity index is 464. The first-order valence-corrected chi connectivity index (χ1v) is 6.35. The number of aliphatic hydroxyl groups is 1. The lowest BCUT2D eigenvalue weighted by Gasteiger charge is -2.34. The second-order valence-corrected chi connectivity index (χ2v) is 4.72. The highest BCUT2D eigenvalue weighted by Crippen LogP contribution is 2.32. The molecule has 0 saturated carbocycles. The number of rotatable bonds is 3. The molecule has 3 nitrogen and oxygen atoms in total. The summed E-state index contributed by atoms with van der Waals surface area (Å²) in [6, 6.07) is 1.84. The standard InChI is InChI=1S/C13H16F4N2O.ClH/c14-11-7-9(13(15,16)17)1-2-10(11)12(8-20)19-5-3-18-4-6-19;/h1-2,7,12,18,20H,3-6,8H2;1H/t12-;/m1./s1. The van der Waals surface area contributed by atoms with Crippen LogP contribution in [0.5, 0.6) is 0 Å². The number of benzene rings is 1.